The molecule has 1 unspecified atom stereocenters. The Morgan fingerprint density at radius 1 is 1.20 bits per heavy atom. The summed E-state index contributed by atoms with van der Waals surface area (Å²) in [5.41, 5.74) is 1.28. The topological polar surface area (TPSA) is 76.4 Å². The number of aryl methyl sites for hydroxylation is 2. The van der Waals surface area contributed by atoms with Crippen molar-refractivity contribution >= 4 is 29.9 Å². The third-order valence-electron chi connectivity index (χ3n) is 5.57. The van der Waals surface area contributed by atoms with E-state index in [0.29, 0.717) is 6.54 Å². The Hall–Kier alpha value is -1.84. The summed E-state index contributed by atoms with van der Waals surface area (Å²) < 4.78 is 8.33. The van der Waals surface area contributed by atoms with Crippen LogP contribution in [-0.2, 0) is 25.8 Å². The quantitative estimate of drug-likeness (QED) is 0.252. The molecule has 8 heteroatoms. The van der Waals surface area contributed by atoms with Crippen LogP contribution in [0.5, 0.6) is 5.75 Å². The molecule has 0 radical (unpaired) electrons. The first kappa shape index (κ1) is 22.8. The van der Waals surface area contributed by atoms with Crippen LogP contribution >= 0.6 is 24.0 Å². The Balaban J connectivity index is 0.00000256. The number of nitrogens with zero attached hydrogens (tertiary/aromatic N) is 4. The Morgan fingerprint density at radius 2 is 2.10 bits per heavy atom. The highest BCUT2D eigenvalue weighted by Gasteiger charge is 2.22. The number of para-hydroxylation sites is 1. The molecule has 4 rings (SSSR count). The number of fused-ring (bicyclic) bond motifs is 2. The van der Waals surface area contributed by atoms with Crippen LogP contribution in [0.25, 0.3) is 0 Å². The molecule has 30 heavy (non-hydrogen) atoms. The third kappa shape index (κ3) is 5.86. The first-order chi connectivity index (χ1) is 14.3. The molecule has 2 N–H and O–H groups in total. The fourth-order valence-corrected chi connectivity index (χ4v) is 4.07. The highest BCUT2D eigenvalue weighted by Crippen LogP contribution is 2.28. The van der Waals surface area contributed by atoms with Crippen molar-refractivity contribution in [2.45, 2.75) is 64.5 Å². The largest absolute Gasteiger partial charge is 0.488 e. The number of benzene rings is 1. The molecule has 0 amide bonds. The molecule has 7 nitrogen and oxygen atoms in total. The maximum Gasteiger partial charge on any atom is 0.191 e. The molecular formula is C22H33IN6O. The number of aliphatic imine (C=N–C) groups is 1. The molecular weight excluding hydrogens is 491 g/mol. The van der Waals surface area contributed by atoms with Crippen molar-refractivity contribution in [3.05, 3.63) is 41.5 Å². The van der Waals surface area contributed by atoms with Crippen molar-refractivity contribution in [3.63, 3.8) is 0 Å². The van der Waals surface area contributed by atoms with Crippen molar-refractivity contribution in [1.82, 2.24) is 25.4 Å². The van der Waals surface area contributed by atoms with E-state index < -0.39 is 0 Å². The summed E-state index contributed by atoms with van der Waals surface area (Å²) >= 11 is 0. The maximum atomic E-state index is 5.99. The zero-order valence-electron chi connectivity index (χ0n) is 17.8. The van der Waals surface area contributed by atoms with Crippen molar-refractivity contribution in [1.29, 1.82) is 0 Å². The van der Waals surface area contributed by atoms with Gasteiger partial charge in [0, 0.05) is 38.9 Å². The van der Waals surface area contributed by atoms with Crippen LogP contribution in [0.3, 0.4) is 0 Å². The van der Waals surface area contributed by atoms with Crippen molar-refractivity contribution < 1.29 is 4.74 Å². The predicted molar refractivity (Wildman–Crippen MR) is 130 cm³/mol. The summed E-state index contributed by atoms with van der Waals surface area (Å²) in [5, 5.41) is 15.6. The number of guanidine groups is 1. The summed E-state index contributed by atoms with van der Waals surface area (Å²) in [6, 6.07) is 8.25. The summed E-state index contributed by atoms with van der Waals surface area (Å²) in [7, 11) is 0. The zero-order valence-corrected chi connectivity index (χ0v) is 20.1. The second-order valence-corrected chi connectivity index (χ2v) is 7.80. The van der Waals surface area contributed by atoms with Gasteiger partial charge in [0.2, 0.25) is 0 Å². The van der Waals surface area contributed by atoms with E-state index in [-0.39, 0.29) is 30.1 Å². The molecule has 0 aliphatic carbocycles. The number of rotatable bonds is 7. The lowest BCUT2D eigenvalue weighted by molar-refractivity contribution is 0.241. The highest BCUT2D eigenvalue weighted by molar-refractivity contribution is 14.0. The third-order valence-corrected chi connectivity index (χ3v) is 5.57. The first-order valence-corrected chi connectivity index (χ1v) is 11.0. The van der Waals surface area contributed by atoms with Gasteiger partial charge in [0.15, 0.2) is 5.96 Å². The second kappa shape index (κ2) is 11.5. The Labute approximate surface area is 196 Å². The standard InChI is InChI=1S/C22H32N6O.HI/c1-2-23-22(25-16-18-15-17-9-5-6-10-19(17)29-18)24-13-8-12-21-27-26-20-11-4-3-7-14-28(20)21;/h5-6,9-10,18H,2-4,7-8,11-16H2,1H3,(H2,23,24,25);1H. The summed E-state index contributed by atoms with van der Waals surface area (Å²) in [6.45, 7) is 5.51. The number of ether oxygens (including phenoxy) is 1. The van der Waals surface area contributed by atoms with Gasteiger partial charge in [0.25, 0.3) is 0 Å². The molecule has 2 aromatic rings. The second-order valence-electron chi connectivity index (χ2n) is 7.80. The molecule has 0 spiro atoms. The minimum Gasteiger partial charge on any atom is -0.488 e. The molecule has 1 aromatic carbocycles. The van der Waals surface area contributed by atoms with Crippen LogP contribution in [0.1, 0.15) is 49.8 Å². The summed E-state index contributed by atoms with van der Waals surface area (Å²) in [4.78, 5) is 4.73. The van der Waals surface area contributed by atoms with Crippen LogP contribution in [0.2, 0.25) is 0 Å². The van der Waals surface area contributed by atoms with Gasteiger partial charge in [-0.3, -0.25) is 0 Å². The minimum absolute atomic E-state index is 0. The molecule has 3 heterocycles. The van der Waals surface area contributed by atoms with E-state index in [2.05, 4.69) is 44.5 Å². The van der Waals surface area contributed by atoms with Crippen LogP contribution in [0.4, 0.5) is 0 Å². The molecule has 2 aliphatic rings. The number of aromatic nitrogens is 3. The number of hydrogen-bond acceptors (Lipinski definition) is 4. The highest BCUT2D eigenvalue weighted by atomic mass is 127. The lowest BCUT2D eigenvalue weighted by atomic mass is 10.1. The number of nitrogens with one attached hydrogen (secondary N) is 2. The van der Waals surface area contributed by atoms with Crippen molar-refractivity contribution in [3.8, 4) is 5.75 Å². The van der Waals surface area contributed by atoms with Gasteiger partial charge in [-0.2, -0.15) is 0 Å². The smallest absolute Gasteiger partial charge is 0.191 e. The summed E-state index contributed by atoms with van der Waals surface area (Å²) in [6.07, 6.45) is 7.83. The molecule has 0 saturated heterocycles. The van der Waals surface area contributed by atoms with Gasteiger partial charge >= 0.3 is 0 Å². The Bertz CT molecular complexity index is 812. The van der Waals surface area contributed by atoms with Crippen LogP contribution in [0.15, 0.2) is 29.3 Å². The van der Waals surface area contributed by atoms with E-state index in [1.165, 1.54) is 24.8 Å². The normalized spacial score (nSPS) is 17.9. The number of hydrogen-bond donors (Lipinski definition) is 2. The fraction of sp³-hybridized carbons (Fsp3) is 0.591. The summed E-state index contributed by atoms with van der Waals surface area (Å²) in [5.74, 6) is 4.14. The van der Waals surface area contributed by atoms with E-state index in [1.54, 1.807) is 0 Å². The minimum atomic E-state index is 0. The monoisotopic (exact) mass is 524 g/mol. The van der Waals surface area contributed by atoms with Crippen LogP contribution in [0, 0.1) is 0 Å². The zero-order chi connectivity index (χ0) is 19.9. The predicted octanol–water partition coefficient (Wildman–Crippen LogP) is 3.11. The van der Waals surface area contributed by atoms with E-state index >= 15 is 0 Å². The number of halogens is 1. The Morgan fingerprint density at radius 3 is 2.97 bits per heavy atom. The van der Waals surface area contributed by atoms with Gasteiger partial charge in [0.05, 0.1) is 6.54 Å². The van der Waals surface area contributed by atoms with E-state index in [4.69, 9.17) is 9.73 Å². The van der Waals surface area contributed by atoms with E-state index in [1.807, 2.05) is 12.1 Å². The SMILES string of the molecule is CCNC(=NCC1Cc2ccccc2O1)NCCCc1nnc2n1CCCCC2.I. The van der Waals surface area contributed by atoms with Crippen LogP contribution in [-0.4, -0.2) is 46.5 Å². The lowest BCUT2D eigenvalue weighted by Gasteiger charge is -2.13. The molecule has 0 saturated carbocycles. The van der Waals surface area contributed by atoms with Gasteiger partial charge in [-0.05, 0) is 37.8 Å². The molecule has 1 atom stereocenters. The average Bonchev–Trinajstić information content (AvgIpc) is 3.25. The van der Waals surface area contributed by atoms with Gasteiger partial charge in [-0.15, -0.1) is 34.2 Å². The van der Waals surface area contributed by atoms with Gasteiger partial charge in [-0.25, -0.2) is 4.99 Å². The maximum absolute atomic E-state index is 5.99. The van der Waals surface area contributed by atoms with Gasteiger partial charge in [-0.1, -0.05) is 24.6 Å². The molecule has 0 fully saturated rings. The van der Waals surface area contributed by atoms with Gasteiger partial charge in [0.1, 0.15) is 23.5 Å². The van der Waals surface area contributed by atoms with E-state index in [9.17, 15) is 0 Å². The fourth-order valence-electron chi connectivity index (χ4n) is 4.07. The molecule has 0 bridgehead atoms. The average molecular weight is 524 g/mol. The molecule has 2 aliphatic heterocycles. The Kier molecular flexibility index (Phi) is 8.77. The molecule has 164 valence electrons. The lowest BCUT2D eigenvalue weighted by Crippen LogP contribution is -2.38. The molecule has 1 aromatic heterocycles. The first-order valence-electron chi connectivity index (χ1n) is 11.0. The van der Waals surface area contributed by atoms with Crippen molar-refractivity contribution in [2.24, 2.45) is 4.99 Å². The van der Waals surface area contributed by atoms with Gasteiger partial charge < -0.3 is 19.9 Å². The van der Waals surface area contributed by atoms with Crippen LogP contribution < -0.4 is 15.4 Å². The van der Waals surface area contributed by atoms with Crippen molar-refractivity contribution in [2.75, 3.05) is 19.6 Å². The van der Waals surface area contributed by atoms with E-state index in [0.717, 1.165) is 68.7 Å².